The van der Waals surface area contributed by atoms with Crippen molar-refractivity contribution in [2.75, 3.05) is 44.6 Å². The fourth-order valence-electron chi connectivity index (χ4n) is 2.35. The summed E-state index contributed by atoms with van der Waals surface area (Å²) in [4.78, 5) is 32.5. The first-order chi connectivity index (χ1) is 12.5. The van der Waals surface area contributed by atoms with Crippen LogP contribution < -0.4 is 10.2 Å². The summed E-state index contributed by atoms with van der Waals surface area (Å²) in [6.07, 6.45) is 1.22. The number of hydrogen-bond donors (Lipinski definition) is 1. The highest BCUT2D eigenvalue weighted by atomic mass is 16.6. The zero-order chi connectivity index (χ0) is 19.1. The van der Waals surface area contributed by atoms with Crippen molar-refractivity contribution in [1.29, 1.82) is 0 Å². The maximum Gasteiger partial charge on any atom is 0.353 e. The molecule has 0 spiro atoms. The zero-order valence-corrected chi connectivity index (χ0v) is 14.6. The Balaban J connectivity index is 2.50. The number of carbonyl (C=O) groups excluding carboxylic acids is 1. The third-order valence-electron chi connectivity index (χ3n) is 3.57. The van der Waals surface area contributed by atoms with Crippen molar-refractivity contribution in [2.24, 2.45) is 0 Å². The predicted octanol–water partition coefficient (Wildman–Crippen LogP) is 2.00. The predicted molar refractivity (Wildman–Crippen MR) is 94.9 cm³/mol. The molecule has 2 rings (SSSR count). The van der Waals surface area contributed by atoms with Gasteiger partial charge in [0.1, 0.15) is 6.33 Å². The lowest BCUT2D eigenvalue weighted by atomic mass is 10.1. The van der Waals surface area contributed by atoms with Crippen molar-refractivity contribution in [3.05, 3.63) is 46.3 Å². The highest BCUT2D eigenvalue weighted by Gasteiger charge is 2.27. The van der Waals surface area contributed by atoms with Gasteiger partial charge in [-0.25, -0.2) is 14.8 Å². The van der Waals surface area contributed by atoms with Crippen molar-refractivity contribution in [2.45, 2.75) is 0 Å². The number of nitrogens with zero attached hydrogens (tertiary/aromatic N) is 4. The van der Waals surface area contributed by atoms with E-state index in [0.717, 1.165) is 0 Å². The summed E-state index contributed by atoms with van der Waals surface area (Å²) in [6.45, 7) is 0.702. The van der Waals surface area contributed by atoms with E-state index in [2.05, 4.69) is 15.3 Å². The number of carbonyl (C=O) groups is 1. The molecule has 0 amide bonds. The van der Waals surface area contributed by atoms with Crippen LogP contribution in [0.15, 0.2) is 30.6 Å². The molecular weight excluding hydrogens is 342 g/mol. The largest absolute Gasteiger partial charge is 0.465 e. The molecule has 0 saturated heterocycles. The molecule has 0 radical (unpaired) electrons. The van der Waals surface area contributed by atoms with Gasteiger partial charge in [0.05, 0.1) is 29.9 Å². The normalized spacial score (nSPS) is 10.3. The van der Waals surface area contributed by atoms with E-state index in [1.54, 1.807) is 31.3 Å². The molecular formula is C16H19N5O5. The first-order valence-electron chi connectivity index (χ1n) is 7.64. The fraction of sp³-hybridized carbons (Fsp3) is 0.312. The number of para-hydroxylation sites is 1. The molecule has 0 saturated carbocycles. The number of aromatic nitrogens is 2. The van der Waals surface area contributed by atoms with Crippen molar-refractivity contribution < 1.29 is 19.2 Å². The number of benzene rings is 1. The molecule has 1 N–H and O–H groups in total. The number of anilines is 3. The summed E-state index contributed by atoms with van der Waals surface area (Å²) in [5.41, 5.74) is 0.383. The SMILES string of the molecule is COCCNc1ncnc(N(C)c2ccccc2C(=O)OC)c1[N+](=O)[O-]. The Bertz CT molecular complexity index is 798. The Morgan fingerprint density at radius 3 is 2.69 bits per heavy atom. The summed E-state index contributed by atoms with van der Waals surface area (Å²) < 4.78 is 9.70. The lowest BCUT2D eigenvalue weighted by molar-refractivity contribution is -0.383. The average Bonchev–Trinajstić information content (AvgIpc) is 2.66. The minimum atomic E-state index is -0.568. The van der Waals surface area contributed by atoms with E-state index in [-0.39, 0.29) is 22.9 Å². The fourth-order valence-corrected chi connectivity index (χ4v) is 2.35. The second-order valence-electron chi connectivity index (χ2n) is 5.14. The summed E-state index contributed by atoms with van der Waals surface area (Å²) in [5, 5.41) is 14.5. The molecule has 0 bridgehead atoms. The van der Waals surface area contributed by atoms with Gasteiger partial charge in [-0.15, -0.1) is 0 Å². The third-order valence-corrected chi connectivity index (χ3v) is 3.57. The van der Waals surface area contributed by atoms with Gasteiger partial charge < -0.3 is 19.7 Å². The monoisotopic (exact) mass is 361 g/mol. The number of rotatable bonds is 8. The second-order valence-corrected chi connectivity index (χ2v) is 5.14. The summed E-state index contributed by atoms with van der Waals surface area (Å²) in [5.74, 6) is -0.441. The number of hydrogen-bond acceptors (Lipinski definition) is 9. The van der Waals surface area contributed by atoms with Crippen LogP contribution in [0.5, 0.6) is 0 Å². The molecule has 0 aliphatic heterocycles. The van der Waals surface area contributed by atoms with Gasteiger partial charge in [0, 0.05) is 20.7 Å². The van der Waals surface area contributed by atoms with Crippen LogP contribution in [0.2, 0.25) is 0 Å². The molecule has 26 heavy (non-hydrogen) atoms. The Labute approximate surface area is 149 Å². The first-order valence-corrected chi connectivity index (χ1v) is 7.64. The Morgan fingerprint density at radius 1 is 1.31 bits per heavy atom. The standard InChI is InChI=1S/C16H19N5O5/c1-20(12-7-5-4-6-11(12)16(22)26-3)15-13(21(23)24)14(18-10-19-15)17-8-9-25-2/h4-7,10H,8-9H2,1-3H3,(H,17,18,19). The average molecular weight is 361 g/mol. The Morgan fingerprint density at radius 2 is 2.04 bits per heavy atom. The molecule has 0 unspecified atom stereocenters. The van der Waals surface area contributed by atoms with Gasteiger partial charge in [-0.2, -0.15) is 0 Å². The number of ether oxygens (including phenoxy) is 2. The van der Waals surface area contributed by atoms with Crippen molar-refractivity contribution in [3.8, 4) is 0 Å². The van der Waals surface area contributed by atoms with Crippen LogP contribution in [0.1, 0.15) is 10.4 Å². The summed E-state index contributed by atoms with van der Waals surface area (Å²) in [6, 6.07) is 6.61. The van der Waals surface area contributed by atoms with Crippen molar-refractivity contribution in [1.82, 2.24) is 9.97 Å². The van der Waals surface area contributed by atoms with E-state index in [0.29, 0.717) is 18.8 Å². The second kappa shape index (κ2) is 8.72. The molecule has 1 aromatic heterocycles. The maximum atomic E-state index is 12.0. The van der Waals surface area contributed by atoms with E-state index in [4.69, 9.17) is 9.47 Å². The summed E-state index contributed by atoms with van der Waals surface area (Å²) >= 11 is 0. The molecule has 0 aliphatic carbocycles. The van der Waals surface area contributed by atoms with Crippen LogP contribution in [0.25, 0.3) is 0 Å². The zero-order valence-electron chi connectivity index (χ0n) is 14.6. The summed E-state index contributed by atoms with van der Waals surface area (Å²) in [7, 11) is 4.37. The minimum Gasteiger partial charge on any atom is -0.465 e. The van der Waals surface area contributed by atoms with E-state index in [1.807, 2.05) is 0 Å². The van der Waals surface area contributed by atoms with Crippen LogP contribution in [0, 0.1) is 10.1 Å². The van der Waals surface area contributed by atoms with Gasteiger partial charge in [-0.05, 0) is 12.1 Å². The van der Waals surface area contributed by atoms with Gasteiger partial charge in [0.15, 0.2) is 0 Å². The van der Waals surface area contributed by atoms with Crippen molar-refractivity contribution >= 4 is 29.0 Å². The maximum absolute atomic E-state index is 12.0. The molecule has 10 nitrogen and oxygen atoms in total. The topological polar surface area (TPSA) is 120 Å². The molecule has 1 heterocycles. The van der Waals surface area contributed by atoms with Crippen LogP contribution in [0.3, 0.4) is 0 Å². The molecule has 138 valence electrons. The molecule has 1 aromatic carbocycles. The smallest absolute Gasteiger partial charge is 0.353 e. The van der Waals surface area contributed by atoms with Crippen LogP contribution in [-0.2, 0) is 9.47 Å². The van der Waals surface area contributed by atoms with Gasteiger partial charge in [-0.3, -0.25) is 10.1 Å². The molecule has 0 fully saturated rings. The highest BCUT2D eigenvalue weighted by molar-refractivity contribution is 5.97. The molecule has 0 atom stereocenters. The van der Waals surface area contributed by atoms with Gasteiger partial charge in [0.2, 0.25) is 11.6 Å². The molecule has 0 aliphatic rings. The Kier molecular flexibility index (Phi) is 6.39. The lowest BCUT2D eigenvalue weighted by Crippen LogP contribution is -2.19. The lowest BCUT2D eigenvalue weighted by Gasteiger charge is -2.21. The van der Waals surface area contributed by atoms with Gasteiger partial charge in [-0.1, -0.05) is 12.1 Å². The van der Waals surface area contributed by atoms with Crippen LogP contribution in [-0.4, -0.2) is 55.3 Å². The van der Waals surface area contributed by atoms with Crippen molar-refractivity contribution in [3.63, 3.8) is 0 Å². The first kappa shape index (κ1) is 19.1. The van der Waals surface area contributed by atoms with E-state index >= 15 is 0 Å². The quantitative estimate of drug-likeness (QED) is 0.326. The highest BCUT2D eigenvalue weighted by Crippen LogP contribution is 2.36. The van der Waals surface area contributed by atoms with E-state index in [1.165, 1.54) is 25.4 Å². The molecule has 10 heteroatoms. The van der Waals surface area contributed by atoms with Crippen LogP contribution in [0.4, 0.5) is 23.0 Å². The number of methoxy groups -OCH3 is 2. The third kappa shape index (κ3) is 4.03. The number of nitro groups is 1. The molecule has 2 aromatic rings. The number of esters is 1. The Hall–Kier alpha value is -3.27. The van der Waals surface area contributed by atoms with Gasteiger partial charge in [0.25, 0.3) is 0 Å². The van der Waals surface area contributed by atoms with E-state index < -0.39 is 10.9 Å². The van der Waals surface area contributed by atoms with E-state index in [9.17, 15) is 14.9 Å². The minimum absolute atomic E-state index is 0.0428. The number of nitrogens with one attached hydrogen (secondary N) is 1. The van der Waals surface area contributed by atoms with Gasteiger partial charge >= 0.3 is 11.7 Å². The van der Waals surface area contributed by atoms with Crippen LogP contribution >= 0.6 is 0 Å².